The number of nitrogens with one attached hydrogen (secondary N) is 1. The van der Waals surface area contributed by atoms with E-state index in [4.69, 9.17) is 0 Å². The monoisotopic (exact) mass is 219 g/mol. The van der Waals surface area contributed by atoms with Gasteiger partial charge in [-0.05, 0) is 35.0 Å². The lowest BCUT2D eigenvalue weighted by atomic mass is 10.1. The number of hydrogen-bond donors (Lipinski definition) is 1. The molecule has 0 aliphatic heterocycles. The van der Waals surface area contributed by atoms with Crippen molar-refractivity contribution in [2.75, 3.05) is 0 Å². The van der Waals surface area contributed by atoms with E-state index < -0.39 is 0 Å². The third-order valence-electron chi connectivity index (χ3n) is 3.13. The molecule has 0 aliphatic rings. The van der Waals surface area contributed by atoms with Gasteiger partial charge >= 0.3 is 0 Å². The van der Waals surface area contributed by atoms with Crippen molar-refractivity contribution in [1.29, 1.82) is 0 Å². The van der Waals surface area contributed by atoms with Gasteiger partial charge in [0.2, 0.25) is 0 Å². The van der Waals surface area contributed by atoms with Gasteiger partial charge in [0.15, 0.2) is 0 Å². The van der Waals surface area contributed by atoms with E-state index in [1.165, 1.54) is 16.2 Å². The van der Waals surface area contributed by atoms with Crippen molar-refractivity contribution < 1.29 is 0 Å². The average molecular weight is 219 g/mol. The minimum absolute atomic E-state index is 1.01. The normalized spacial score (nSPS) is 11.5. The van der Waals surface area contributed by atoms with Crippen LogP contribution in [0.4, 0.5) is 0 Å². The third kappa shape index (κ3) is 1.16. The summed E-state index contributed by atoms with van der Waals surface area (Å²) < 4.78 is 0. The Bertz CT molecular complexity index is 840. The summed E-state index contributed by atoms with van der Waals surface area (Å²) in [6.45, 7) is 0. The number of fused-ring (bicyclic) bond motifs is 4. The summed E-state index contributed by atoms with van der Waals surface area (Å²) >= 11 is 0. The lowest BCUT2D eigenvalue weighted by molar-refractivity contribution is 1.36. The van der Waals surface area contributed by atoms with Crippen molar-refractivity contribution in [2.45, 2.75) is 0 Å². The van der Waals surface area contributed by atoms with Gasteiger partial charge in [-0.25, -0.2) is 4.98 Å². The molecule has 0 fully saturated rings. The van der Waals surface area contributed by atoms with Crippen LogP contribution in [0.2, 0.25) is 0 Å². The van der Waals surface area contributed by atoms with Gasteiger partial charge < -0.3 is 4.98 Å². The molecular formula is C14H9N3. The Kier molecular flexibility index (Phi) is 1.56. The molecule has 4 rings (SSSR count). The molecule has 0 unspecified atom stereocenters. The summed E-state index contributed by atoms with van der Waals surface area (Å²) in [5.41, 5.74) is 2.04. The molecule has 0 spiro atoms. The highest BCUT2D eigenvalue weighted by molar-refractivity contribution is 6.11. The number of pyridine rings is 2. The molecule has 4 aromatic rings. The third-order valence-corrected chi connectivity index (χ3v) is 3.13. The number of hydrogen-bond acceptors (Lipinski definition) is 2. The first-order chi connectivity index (χ1) is 8.42. The minimum Gasteiger partial charge on any atom is -0.367 e. The number of H-pyrrole nitrogens is 1. The largest absolute Gasteiger partial charge is 0.367 e. The molecule has 0 atom stereocenters. The smallest absolute Gasteiger partial charge is 0.0747 e. The fourth-order valence-corrected chi connectivity index (χ4v) is 2.30. The van der Waals surface area contributed by atoms with Crippen molar-refractivity contribution in [3.05, 3.63) is 49.1 Å². The molecule has 1 aromatic carbocycles. The fourth-order valence-electron chi connectivity index (χ4n) is 2.30. The molecule has 1 N–H and O–H groups in total. The standard InChI is InChI=1S/C14H9N3/c1-3-15-7-10-5-11-12-8-16-4-2-13(12)17-14(11)6-9(1)10/h1-8,15H. The maximum Gasteiger partial charge on any atom is 0.0747 e. The van der Waals surface area contributed by atoms with Crippen LogP contribution in [0.25, 0.3) is 32.6 Å². The average Bonchev–Trinajstić information content (AvgIpc) is 2.73. The van der Waals surface area contributed by atoms with Crippen LogP contribution in [0, 0.1) is 0 Å². The van der Waals surface area contributed by atoms with Crippen molar-refractivity contribution in [3.63, 3.8) is 0 Å². The van der Waals surface area contributed by atoms with E-state index in [1.807, 2.05) is 24.7 Å². The van der Waals surface area contributed by atoms with Crippen LogP contribution >= 0.6 is 0 Å². The Balaban J connectivity index is 2.28. The van der Waals surface area contributed by atoms with E-state index in [2.05, 4.69) is 33.2 Å². The predicted octanol–water partition coefficient (Wildman–Crippen LogP) is 3.26. The maximum absolute atomic E-state index is 4.62. The molecule has 3 aromatic heterocycles. The zero-order valence-corrected chi connectivity index (χ0v) is 9.01. The second kappa shape index (κ2) is 3.04. The molecule has 0 saturated heterocycles. The van der Waals surface area contributed by atoms with Crippen LogP contribution in [-0.2, 0) is 0 Å². The van der Waals surface area contributed by atoms with E-state index >= 15 is 0 Å². The summed E-state index contributed by atoms with van der Waals surface area (Å²) in [7, 11) is 0. The molecule has 0 bridgehead atoms. The van der Waals surface area contributed by atoms with Gasteiger partial charge in [0.25, 0.3) is 0 Å². The van der Waals surface area contributed by atoms with Crippen LogP contribution in [0.5, 0.6) is 0 Å². The van der Waals surface area contributed by atoms with Crippen LogP contribution in [0.1, 0.15) is 0 Å². The van der Waals surface area contributed by atoms with Gasteiger partial charge in [0.1, 0.15) is 0 Å². The number of aromatic nitrogens is 3. The summed E-state index contributed by atoms with van der Waals surface area (Å²) in [4.78, 5) is 11.9. The van der Waals surface area contributed by atoms with Crippen LogP contribution < -0.4 is 0 Å². The van der Waals surface area contributed by atoms with E-state index in [1.54, 1.807) is 6.20 Å². The van der Waals surface area contributed by atoms with Gasteiger partial charge in [0, 0.05) is 35.6 Å². The zero-order chi connectivity index (χ0) is 11.2. The molecule has 0 amide bonds. The van der Waals surface area contributed by atoms with Gasteiger partial charge in [-0.15, -0.1) is 0 Å². The maximum atomic E-state index is 4.62. The second-order valence-electron chi connectivity index (χ2n) is 4.15. The zero-order valence-electron chi connectivity index (χ0n) is 9.01. The van der Waals surface area contributed by atoms with Gasteiger partial charge in [-0.1, -0.05) is 0 Å². The Hall–Kier alpha value is -2.42. The minimum atomic E-state index is 1.01. The molecule has 3 heterocycles. The number of nitrogens with zero attached hydrogens (tertiary/aromatic N) is 2. The molecule has 17 heavy (non-hydrogen) atoms. The second-order valence-corrected chi connectivity index (χ2v) is 4.15. The summed E-state index contributed by atoms with van der Waals surface area (Å²) in [6, 6.07) is 8.30. The predicted molar refractivity (Wildman–Crippen MR) is 68.9 cm³/mol. The Morgan fingerprint density at radius 3 is 2.94 bits per heavy atom. The molecule has 3 heteroatoms. The Morgan fingerprint density at radius 2 is 1.94 bits per heavy atom. The summed E-state index contributed by atoms with van der Waals surface area (Å²) in [6.07, 6.45) is 7.59. The molecule has 0 aliphatic carbocycles. The van der Waals surface area contributed by atoms with Gasteiger partial charge in [-0.2, -0.15) is 0 Å². The van der Waals surface area contributed by atoms with Crippen molar-refractivity contribution in [3.8, 4) is 0 Å². The van der Waals surface area contributed by atoms with Gasteiger partial charge in [-0.3, -0.25) is 4.98 Å². The van der Waals surface area contributed by atoms with E-state index in [9.17, 15) is 0 Å². The topological polar surface area (TPSA) is 41.6 Å². The number of rotatable bonds is 0. The Morgan fingerprint density at radius 1 is 0.941 bits per heavy atom. The molecule has 3 nitrogen and oxygen atoms in total. The number of aromatic amines is 1. The quantitative estimate of drug-likeness (QED) is 0.493. The first-order valence-electron chi connectivity index (χ1n) is 5.52. The summed E-state index contributed by atoms with van der Waals surface area (Å²) in [5, 5.41) is 4.68. The van der Waals surface area contributed by atoms with Crippen LogP contribution in [0.3, 0.4) is 0 Å². The van der Waals surface area contributed by atoms with Crippen LogP contribution in [0.15, 0.2) is 49.1 Å². The van der Waals surface area contributed by atoms with Gasteiger partial charge in [0.05, 0.1) is 11.0 Å². The fraction of sp³-hybridized carbons (Fsp3) is 0. The van der Waals surface area contributed by atoms with Crippen molar-refractivity contribution in [1.82, 2.24) is 15.0 Å². The highest BCUT2D eigenvalue weighted by Crippen LogP contribution is 2.28. The molecule has 0 radical (unpaired) electrons. The van der Waals surface area contributed by atoms with E-state index in [0.29, 0.717) is 0 Å². The highest BCUT2D eigenvalue weighted by atomic mass is 14.7. The van der Waals surface area contributed by atoms with Crippen molar-refractivity contribution >= 4 is 32.6 Å². The lowest BCUT2D eigenvalue weighted by Crippen LogP contribution is -1.75. The van der Waals surface area contributed by atoms with Crippen LogP contribution in [-0.4, -0.2) is 15.0 Å². The lowest BCUT2D eigenvalue weighted by Gasteiger charge is -1.97. The summed E-state index contributed by atoms with van der Waals surface area (Å²) in [5.74, 6) is 0. The first-order valence-corrected chi connectivity index (χ1v) is 5.52. The molecule has 0 saturated carbocycles. The highest BCUT2D eigenvalue weighted by Gasteiger charge is 2.06. The Labute approximate surface area is 97.1 Å². The number of benzene rings is 1. The first kappa shape index (κ1) is 8.70. The van der Waals surface area contributed by atoms with Crippen molar-refractivity contribution in [2.24, 2.45) is 0 Å². The molecular weight excluding hydrogens is 210 g/mol. The SMILES string of the molecule is c1cc2nc3cc4cc[nH]cc4cc3c2cn1. The van der Waals surface area contributed by atoms with E-state index in [0.717, 1.165) is 16.4 Å². The van der Waals surface area contributed by atoms with E-state index in [-0.39, 0.29) is 0 Å². The molecule has 80 valence electrons.